The van der Waals surface area contributed by atoms with E-state index in [-0.39, 0.29) is 5.69 Å². The third kappa shape index (κ3) is 3.27. The van der Waals surface area contributed by atoms with Crippen LogP contribution in [0.15, 0.2) is 24.3 Å². The zero-order chi connectivity index (χ0) is 13.0. The lowest BCUT2D eigenvalue weighted by atomic mass is 10.1. The van der Waals surface area contributed by atoms with Gasteiger partial charge in [0, 0.05) is 12.6 Å². The molecule has 0 bridgehead atoms. The predicted molar refractivity (Wildman–Crippen MR) is 61.0 cm³/mol. The number of nitrogens with one attached hydrogen (secondary N) is 1. The van der Waals surface area contributed by atoms with Crippen LogP contribution in [0.3, 0.4) is 0 Å². The molecule has 0 amide bonds. The molecule has 0 aliphatic carbocycles. The molecular weight excluding hydrogens is 228 g/mol. The van der Waals surface area contributed by atoms with Gasteiger partial charge in [0.1, 0.15) is 11.4 Å². The second-order valence-corrected chi connectivity index (χ2v) is 3.62. The van der Waals surface area contributed by atoms with Gasteiger partial charge in [0.15, 0.2) is 5.82 Å². The first-order chi connectivity index (χ1) is 7.95. The maximum Gasteiger partial charge on any atom is 0.341 e. The minimum Gasteiger partial charge on any atom is -0.465 e. The summed E-state index contributed by atoms with van der Waals surface area (Å²) in [5.74, 6) is -2.46. The number of methoxy groups -OCH3 is 1. The Hall–Kier alpha value is -1.91. The van der Waals surface area contributed by atoms with Gasteiger partial charge in [-0.25, -0.2) is 13.6 Å². The summed E-state index contributed by atoms with van der Waals surface area (Å²) in [4.78, 5) is 11.2. The van der Waals surface area contributed by atoms with Crippen molar-refractivity contribution in [1.29, 1.82) is 0 Å². The van der Waals surface area contributed by atoms with Gasteiger partial charge in [-0.3, -0.25) is 0 Å². The monoisotopic (exact) mass is 241 g/mol. The standard InChI is InChI=1S/C12H13F2NO2/c1-7(2)6-15-10-5-8(13)4-9(11(10)14)12(16)17-3/h4-5,15H,1,6H2,2-3H3. The van der Waals surface area contributed by atoms with Gasteiger partial charge in [-0.1, -0.05) is 12.2 Å². The van der Waals surface area contributed by atoms with Crippen molar-refractivity contribution in [3.05, 3.63) is 41.5 Å². The van der Waals surface area contributed by atoms with Crippen molar-refractivity contribution in [1.82, 2.24) is 0 Å². The van der Waals surface area contributed by atoms with Gasteiger partial charge >= 0.3 is 5.97 Å². The lowest BCUT2D eigenvalue weighted by Crippen LogP contribution is -2.10. The van der Waals surface area contributed by atoms with E-state index in [1.54, 1.807) is 6.92 Å². The first-order valence-electron chi connectivity index (χ1n) is 4.91. The summed E-state index contributed by atoms with van der Waals surface area (Å²) in [5, 5.41) is 2.65. The number of ether oxygens (including phenoxy) is 1. The van der Waals surface area contributed by atoms with Gasteiger partial charge in [0.05, 0.1) is 12.8 Å². The third-order valence-corrected chi connectivity index (χ3v) is 2.02. The van der Waals surface area contributed by atoms with E-state index >= 15 is 0 Å². The van der Waals surface area contributed by atoms with E-state index in [1.165, 1.54) is 0 Å². The number of carbonyl (C=O) groups excluding carboxylic acids is 1. The molecule has 0 spiro atoms. The second kappa shape index (κ2) is 5.43. The lowest BCUT2D eigenvalue weighted by molar-refractivity contribution is 0.0595. The number of carbonyl (C=O) groups is 1. The first-order valence-corrected chi connectivity index (χ1v) is 4.91. The Balaban J connectivity index is 3.09. The minimum atomic E-state index is -0.916. The highest BCUT2D eigenvalue weighted by Crippen LogP contribution is 2.21. The van der Waals surface area contributed by atoms with Crippen molar-refractivity contribution in [2.75, 3.05) is 19.0 Å². The Bertz CT molecular complexity index is 458. The molecule has 0 aromatic heterocycles. The van der Waals surface area contributed by atoms with Crippen molar-refractivity contribution in [2.24, 2.45) is 0 Å². The smallest absolute Gasteiger partial charge is 0.341 e. The molecule has 17 heavy (non-hydrogen) atoms. The van der Waals surface area contributed by atoms with Gasteiger partial charge in [-0.15, -0.1) is 0 Å². The molecule has 0 aliphatic rings. The summed E-state index contributed by atoms with van der Waals surface area (Å²) in [6.07, 6.45) is 0. The molecule has 0 atom stereocenters. The zero-order valence-electron chi connectivity index (χ0n) is 9.64. The van der Waals surface area contributed by atoms with Crippen LogP contribution in [0.4, 0.5) is 14.5 Å². The molecule has 0 heterocycles. The van der Waals surface area contributed by atoms with E-state index in [4.69, 9.17) is 0 Å². The maximum absolute atomic E-state index is 13.8. The van der Waals surface area contributed by atoms with E-state index in [1.807, 2.05) is 0 Å². The molecule has 5 heteroatoms. The summed E-state index contributed by atoms with van der Waals surface area (Å²) >= 11 is 0. The van der Waals surface area contributed by atoms with Gasteiger partial charge in [-0.05, 0) is 13.0 Å². The molecular formula is C12H13F2NO2. The number of hydrogen-bond donors (Lipinski definition) is 1. The Kier molecular flexibility index (Phi) is 4.20. The molecule has 92 valence electrons. The van der Waals surface area contributed by atoms with Crippen LogP contribution in [0, 0.1) is 11.6 Å². The summed E-state index contributed by atoms with van der Waals surface area (Å²) in [5.41, 5.74) is 0.235. The molecule has 0 saturated carbocycles. The summed E-state index contributed by atoms with van der Waals surface area (Å²) in [6, 6.07) is 1.78. The summed E-state index contributed by atoms with van der Waals surface area (Å²) in [7, 11) is 1.10. The molecule has 3 nitrogen and oxygen atoms in total. The average molecular weight is 241 g/mol. The number of hydrogen-bond acceptors (Lipinski definition) is 3. The molecule has 0 radical (unpaired) electrons. The van der Waals surface area contributed by atoms with E-state index in [0.29, 0.717) is 6.54 Å². The van der Waals surface area contributed by atoms with Crippen LogP contribution < -0.4 is 5.32 Å². The molecule has 1 aromatic carbocycles. The van der Waals surface area contributed by atoms with Crippen molar-refractivity contribution in [3.8, 4) is 0 Å². The number of rotatable bonds is 4. The van der Waals surface area contributed by atoms with Crippen molar-refractivity contribution in [2.45, 2.75) is 6.92 Å². The summed E-state index contributed by atoms with van der Waals surface area (Å²) in [6.45, 7) is 5.66. The minimum absolute atomic E-state index is 0.0894. The van der Waals surface area contributed by atoms with Gasteiger partial charge in [-0.2, -0.15) is 0 Å². The molecule has 0 saturated heterocycles. The zero-order valence-corrected chi connectivity index (χ0v) is 9.64. The van der Waals surface area contributed by atoms with Crippen LogP contribution in [0.5, 0.6) is 0 Å². The van der Waals surface area contributed by atoms with Crippen molar-refractivity contribution >= 4 is 11.7 Å². The first kappa shape index (κ1) is 13.2. The fourth-order valence-corrected chi connectivity index (χ4v) is 1.22. The fraction of sp³-hybridized carbons (Fsp3) is 0.250. The molecule has 0 aliphatic heterocycles. The van der Waals surface area contributed by atoms with Gasteiger partial charge < -0.3 is 10.1 Å². The van der Waals surface area contributed by atoms with E-state index in [9.17, 15) is 13.6 Å². The maximum atomic E-state index is 13.8. The van der Waals surface area contributed by atoms with Crippen LogP contribution in [0.1, 0.15) is 17.3 Å². The predicted octanol–water partition coefficient (Wildman–Crippen LogP) is 2.74. The molecule has 0 unspecified atom stereocenters. The van der Waals surface area contributed by atoms with Crippen LogP contribution >= 0.6 is 0 Å². The Morgan fingerprint density at radius 1 is 1.47 bits per heavy atom. The highest BCUT2D eigenvalue weighted by Gasteiger charge is 2.17. The number of esters is 1. The molecule has 1 aromatic rings. The SMILES string of the molecule is C=C(C)CNc1cc(F)cc(C(=O)OC)c1F. The largest absolute Gasteiger partial charge is 0.465 e. The quantitative estimate of drug-likeness (QED) is 0.650. The summed E-state index contributed by atoms with van der Waals surface area (Å²) < 4.78 is 31.3. The van der Waals surface area contributed by atoms with Gasteiger partial charge in [0.25, 0.3) is 0 Å². The Morgan fingerprint density at radius 3 is 2.65 bits per heavy atom. The van der Waals surface area contributed by atoms with E-state index in [0.717, 1.165) is 24.8 Å². The highest BCUT2D eigenvalue weighted by atomic mass is 19.1. The third-order valence-electron chi connectivity index (χ3n) is 2.02. The molecule has 1 rings (SSSR count). The molecule has 0 fully saturated rings. The van der Waals surface area contributed by atoms with Crippen LogP contribution in [-0.4, -0.2) is 19.6 Å². The average Bonchev–Trinajstić information content (AvgIpc) is 2.28. The number of anilines is 1. The Labute approximate surface area is 98.1 Å². The number of halogens is 2. The van der Waals surface area contributed by atoms with Crippen LogP contribution in [-0.2, 0) is 4.74 Å². The highest BCUT2D eigenvalue weighted by molar-refractivity contribution is 5.90. The van der Waals surface area contributed by atoms with Crippen molar-refractivity contribution in [3.63, 3.8) is 0 Å². The lowest BCUT2D eigenvalue weighted by Gasteiger charge is -2.10. The van der Waals surface area contributed by atoms with Crippen LogP contribution in [0.25, 0.3) is 0 Å². The van der Waals surface area contributed by atoms with Crippen molar-refractivity contribution < 1.29 is 18.3 Å². The Morgan fingerprint density at radius 2 is 2.12 bits per heavy atom. The normalized spacial score (nSPS) is 9.88. The number of benzene rings is 1. The second-order valence-electron chi connectivity index (χ2n) is 3.62. The van der Waals surface area contributed by atoms with E-state index in [2.05, 4.69) is 16.6 Å². The topological polar surface area (TPSA) is 38.3 Å². The van der Waals surface area contributed by atoms with E-state index < -0.39 is 23.2 Å². The molecule has 1 N–H and O–H groups in total. The van der Waals surface area contributed by atoms with Crippen LogP contribution in [0.2, 0.25) is 0 Å². The van der Waals surface area contributed by atoms with Gasteiger partial charge in [0.2, 0.25) is 0 Å². The fourth-order valence-electron chi connectivity index (χ4n) is 1.22.